The molecule has 2 aliphatic carbocycles. The SMILES string of the molecule is N#C/N=C1\c2ccccc2-c2cc3c(cc21)-c1ccc(-c2cc(C(F)(F)F)cc(C(F)(F)F)c2)cc1C3NC#N. The number of nitrogens with one attached hydrogen (secondary N) is 1. The first-order valence-corrected chi connectivity index (χ1v) is 11.8. The molecule has 2 aliphatic rings. The second-order valence-corrected chi connectivity index (χ2v) is 9.38. The lowest BCUT2D eigenvalue weighted by atomic mass is 9.95. The minimum absolute atomic E-state index is 0.0898. The number of nitriles is 2. The summed E-state index contributed by atoms with van der Waals surface area (Å²) >= 11 is 0. The summed E-state index contributed by atoms with van der Waals surface area (Å²) < 4.78 is 80.9. The molecule has 0 amide bonds. The Bertz CT molecular complexity index is 1810. The molecular weight excluding hydrogens is 530 g/mol. The molecule has 0 radical (unpaired) electrons. The molecule has 0 fully saturated rings. The van der Waals surface area contributed by atoms with Crippen LogP contribution < -0.4 is 5.32 Å². The predicted molar refractivity (Wildman–Crippen MR) is 135 cm³/mol. The maximum atomic E-state index is 13.5. The van der Waals surface area contributed by atoms with Crippen LogP contribution in [-0.4, -0.2) is 5.71 Å². The maximum Gasteiger partial charge on any atom is 0.416 e. The highest BCUT2D eigenvalue weighted by Crippen LogP contribution is 2.50. The number of alkyl halides is 6. The maximum absolute atomic E-state index is 13.5. The van der Waals surface area contributed by atoms with E-state index in [9.17, 15) is 36.9 Å². The molecule has 196 valence electrons. The van der Waals surface area contributed by atoms with Gasteiger partial charge in [0.05, 0.1) is 22.9 Å². The average Bonchev–Trinajstić information content (AvgIpc) is 3.38. The summed E-state index contributed by atoms with van der Waals surface area (Å²) in [6.07, 6.45) is -6.21. The Balaban J connectivity index is 1.53. The van der Waals surface area contributed by atoms with Crippen LogP contribution in [0.3, 0.4) is 0 Å². The molecule has 4 aromatic rings. The van der Waals surface area contributed by atoms with Gasteiger partial charge in [0, 0.05) is 11.1 Å². The van der Waals surface area contributed by atoms with E-state index in [1.54, 1.807) is 6.07 Å². The smallest absolute Gasteiger partial charge is 0.312 e. The fourth-order valence-corrected chi connectivity index (χ4v) is 5.48. The third-order valence-corrected chi connectivity index (χ3v) is 7.17. The number of hydrogen-bond acceptors (Lipinski definition) is 4. The van der Waals surface area contributed by atoms with Gasteiger partial charge in [-0.2, -0.15) is 41.9 Å². The van der Waals surface area contributed by atoms with Gasteiger partial charge in [0.25, 0.3) is 0 Å². The van der Waals surface area contributed by atoms with Crippen molar-refractivity contribution in [1.29, 1.82) is 10.5 Å². The van der Waals surface area contributed by atoms with Crippen molar-refractivity contribution in [2.45, 2.75) is 18.4 Å². The van der Waals surface area contributed by atoms with E-state index in [1.165, 1.54) is 12.1 Å². The predicted octanol–water partition coefficient (Wildman–Crippen LogP) is 7.83. The summed E-state index contributed by atoms with van der Waals surface area (Å²) in [6.45, 7) is 0. The zero-order chi connectivity index (χ0) is 28.4. The van der Waals surface area contributed by atoms with Crippen molar-refractivity contribution in [3.05, 3.63) is 106 Å². The summed E-state index contributed by atoms with van der Waals surface area (Å²) in [5, 5.41) is 21.5. The molecule has 40 heavy (non-hydrogen) atoms. The van der Waals surface area contributed by atoms with Crippen molar-refractivity contribution in [3.8, 4) is 45.8 Å². The van der Waals surface area contributed by atoms with Gasteiger partial charge < -0.3 is 5.32 Å². The second kappa shape index (κ2) is 8.72. The lowest BCUT2D eigenvalue weighted by Gasteiger charge is -2.16. The Labute approximate surface area is 223 Å². The Morgan fingerprint density at radius 3 is 1.90 bits per heavy atom. The quantitative estimate of drug-likeness (QED) is 0.140. The molecule has 0 saturated heterocycles. The van der Waals surface area contributed by atoms with Crippen LogP contribution in [0.4, 0.5) is 26.3 Å². The molecule has 1 N–H and O–H groups in total. The number of fused-ring (bicyclic) bond motifs is 6. The summed E-state index contributed by atoms with van der Waals surface area (Å²) in [6, 6.07) is 16.5. The lowest BCUT2D eigenvalue weighted by molar-refractivity contribution is -0.143. The van der Waals surface area contributed by atoms with Crippen molar-refractivity contribution in [3.63, 3.8) is 0 Å². The molecular formula is C30H14F6N4. The highest BCUT2D eigenvalue weighted by atomic mass is 19.4. The molecule has 0 aromatic heterocycles. The van der Waals surface area contributed by atoms with Crippen LogP contribution >= 0.6 is 0 Å². The van der Waals surface area contributed by atoms with Gasteiger partial charge in [-0.25, -0.2) is 0 Å². The molecule has 0 saturated carbocycles. The van der Waals surface area contributed by atoms with Crippen LogP contribution in [0, 0.1) is 22.9 Å². The molecule has 0 spiro atoms. The standard InChI is InChI=1S/C30H14F6N4/c31-29(32,33)17-7-16(8-18(10-17)30(34,35)36)15-5-6-20-23-12-25-22(11-26(23)28(40-14-38)24(20)9-15)19-3-1-2-4-21(19)27(25)39-13-37/h1-12,28,40H/b39-27+. The highest BCUT2D eigenvalue weighted by molar-refractivity contribution is 6.25. The van der Waals surface area contributed by atoms with E-state index in [2.05, 4.69) is 10.3 Å². The van der Waals surface area contributed by atoms with Crippen molar-refractivity contribution in [2.75, 3.05) is 0 Å². The number of rotatable bonds is 2. The van der Waals surface area contributed by atoms with Crippen LogP contribution in [0.2, 0.25) is 0 Å². The van der Waals surface area contributed by atoms with Crippen LogP contribution in [0.5, 0.6) is 0 Å². The monoisotopic (exact) mass is 544 g/mol. The van der Waals surface area contributed by atoms with Crippen LogP contribution in [0.1, 0.15) is 39.4 Å². The Morgan fingerprint density at radius 2 is 1.27 bits per heavy atom. The van der Waals surface area contributed by atoms with E-state index in [-0.39, 0.29) is 17.2 Å². The van der Waals surface area contributed by atoms with E-state index >= 15 is 0 Å². The number of aliphatic imine (C=N–C) groups is 1. The first-order chi connectivity index (χ1) is 19.0. The molecule has 0 heterocycles. The molecule has 1 unspecified atom stereocenters. The van der Waals surface area contributed by atoms with Gasteiger partial charge in [0.15, 0.2) is 6.19 Å². The van der Waals surface area contributed by atoms with Gasteiger partial charge in [-0.05, 0) is 80.9 Å². The second-order valence-electron chi connectivity index (χ2n) is 9.38. The normalized spacial score (nSPS) is 16.0. The van der Waals surface area contributed by atoms with E-state index in [0.29, 0.717) is 45.7 Å². The molecule has 4 aromatic carbocycles. The van der Waals surface area contributed by atoms with Crippen LogP contribution in [-0.2, 0) is 12.4 Å². The molecule has 6 rings (SSSR count). The van der Waals surface area contributed by atoms with Crippen molar-refractivity contribution in [1.82, 2.24) is 5.32 Å². The fraction of sp³-hybridized carbons (Fsp3) is 0.100. The van der Waals surface area contributed by atoms with Gasteiger partial charge >= 0.3 is 12.4 Å². The topological polar surface area (TPSA) is 72.0 Å². The third kappa shape index (κ3) is 3.88. The number of hydrogen-bond donors (Lipinski definition) is 1. The van der Waals surface area contributed by atoms with E-state index in [1.807, 2.05) is 48.8 Å². The van der Waals surface area contributed by atoms with E-state index in [4.69, 9.17) is 0 Å². The molecule has 0 aliphatic heterocycles. The summed E-state index contributed by atoms with van der Waals surface area (Å²) in [7, 11) is 0. The number of benzene rings is 4. The molecule has 10 heteroatoms. The van der Waals surface area contributed by atoms with E-state index in [0.717, 1.165) is 16.7 Å². The van der Waals surface area contributed by atoms with Crippen LogP contribution in [0.15, 0.2) is 77.8 Å². The largest absolute Gasteiger partial charge is 0.416 e. The lowest BCUT2D eigenvalue weighted by Crippen LogP contribution is -2.14. The average molecular weight is 544 g/mol. The van der Waals surface area contributed by atoms with Crippen molar-refractivity contribution >= 4 is 5.71 Å². The summed E-state index contributed by atoms with van der Waals surface area (Å²) in [5.74, 6) is 0. The zero-order valence-electron chi connectivity index (χ0n) is 20.1. The Hall–Kier alpha value is -5.09. The fourth-order valence-electron chi connectivity index (χ4n) is 5.48. The minimum Gasteiger partial charge on any atom is -0.312 e. The van der Waals surface area contributed by atoms with Gasteiger partial charge in [0.2, 0.25) is 6.19 Å². The van der Waals surface area contributed by atoms with Gasteiger partial charge in [-0.1, -0.05) is 36.4 Å². The third-order valence-electron chi connectivity index (χ3n) is 7.17. The molecule has 1 atom stereocenters. The van der Waals surface area contributed by atoms with Crippen molar-refractivity contribution < 1.29 is 26.3 Å². The molecule has 4 nitrogen and oxygen atoms in total. The minimum atomic E-state index is -4.98. The van der Waals surface area contributed by atoms with Gasteiger partial charge in [-0.15, -0.1) is 0 Å². The van der Waals surface area contributed by atoms with Crippen LogP contribution in [0.25, 0.3) is 33.4 Å². The number of halogens is 6. The van der Waals surface area contributed by atoms with Gasteiger partial charge in [0.1, 0.15) is 0 Å². The Kier molecular flexibility index (Phi) is 5.49. The zero-order valence-corrected chi connectivity index (χ0v) is 20.1. The Morgan fingerprint density at radius 1 is 0.625 bits per heavy atom. The van der Waals surface area contributed by atoms with Gasteiger partial charge in [-0.3, -0.25) is 0 Å². The molecule has 0 bridgehead atoms. The summed E-state index contributed by atoms with van der Waals surface area (Å²) in [5.41, 5.74) is 3.31. The van der Waals surface area contributed by atoms with Crippen molar-refractivity contribution in [2.24, 2.45) is 4.99 Å². The highest BCUT2D eigenvalue weighted by Gasteiger charge is 2.38. The number of nitrogens with zero attached hydrogens (tertiary/aromatic N) is 3. The van der Waals surface area contributed by atoms with E-state index < -0.39 is 29.5 Å². The first-order valence-electron chi connectivity index (χ1n) is 11.8. The first kappa shape index (κ1) is 25.2. The summed E-state index contributed by atoms with van der Waals surface area (Å²) in [4.78, 5) is 4.02.